The lowest BCUT2D eigenvalue weighted by atomic mass is 10.2. The molecule has 18 heteroatoms. The first-order valence-corrected chi connectivity index (χ1v) is 17.7. The fourth-order valence-electron chi connectivity index (χ4n) is 2.79. The van der Waals surface area contributed by atoms with Crippen molar-refractivity contribution in [3.05, 3.63) is 102 Å². The van der Waals surface area contributed by atoms with Crippen LogP contribution in [0, 0.1) is 6.92 Å². The highest BCUT2D eigenvalue weighted by Crippen LogP contribution is 2.08. The minimum atomic E-state index is -4.02. The summed E-state index contributed by atoms with van der Waals surface area (Å²) < 4.78 is 52.4. The summed E-state index contributed by atoms with van der Waals surface area (Å²) in [6, 6.07) is 24.3. The Morgan fingerprint density at radius 2 is 1.18 bits per heavy atom. The Balaban J connectivity index is 0. The Morgan fingerprint density at radius 1 is 0.725 bits per heavy atom. The second kappa shape index (κ2) is 32.0. The summed E-state index contributed by atoms with van der Waals surface area (Å²) in [7, 11) is -4.02. The molecule has 0 aliphatic carbocycles. The summed E-state index contributed by atoms with van der Waals surface area (Å²) in [6.45, 7) is 7.67. The SMILES string of the molecule is CCOCC.Cc1ccc(S(=O)(=O)O)cc1.NCC(=O)OCc1ccccc1.O=C(CNC(=O)OCCl)OCc1ccccc1.O=C(Cl)OCCl. The zero-order valence-corrected chi connectivity index (χ0v) is 31.4. The molecule has 14 nitrogen and oxygen atoms in total. The van der Waals surface area contributed by atoms with Gasteiger partial charge in [-0.2, -0.15) is 8.42 Å². The van der Waals surface area contributed by atoms with Gasteiger partial charge in [0.2, 0.25) is 0 Å². The van der Waals surface area contributed by atoms with E-state index < -0.39 is 27.6 Å². The second-order valence-corrected chi connectivity index (χ2v) is 11.1. The van der Waals surface area contributed by atoms with Gasteiger partial charge in [-0.15, -0.1) is 0 Å². The van der Waals surface area contributed by atoms with Crippen LogP contribution in [0.15, 0.2) is 89.8 Å². The van der Waals surface area contributed by atoms with E-state index in [0.29, 0.717) is 6.61 Å². The fraction of sp³-hybridized carbons (Fsp3) is 0.333. The van der Waals surface area contributed by atoms with Gasteiger partial charge in [0.15, 0.2) is 12.1 Å². The third-order valence-corrected chi connectivity index (χ3v) is 6.31. The van der Waals surface area contributed by atoms with Gasteiger partial charge in [0.1, 0.15) is 19.8 Å². The number of rotatable bonds is 12. The molecule has 0 spiro atoms. The van der Waals surface area contributed by atoms with Gasteiger partial charge in [-0.1, -0.05) is 102 Å². The molecule has 284 valence electrons. The standard InChI is InChI=1S/C11H12ClNO4.C9H11NO2.C7H8O3S.C4H10O.C2H2Cl2O2/c12-8-17-11(15)13-6-10(14)16-7-9-4-2-1-3-5-9;10-6-9(11)12-7-8-4-2-1-3-5-8;1-6-2-4-7(5-3-6)11(8,9)10;1-3-5-4-2;3-1-6-2(4)5/h1-5H,6-8H2,(H,13,15);1-5H,6-7,10H2;2-5H,1H3,(H,8,9,10);3-4H2,1-2H3;1H2. The van der Waals surface area contributed by atoms with Crippen LogP contribution in [0.2, 0.25) is 0 Å². The molecule has 3 aromatic rings. The molecular formula is C33H43Cl3N2O12S. The van der Waals surface area contributed by atoms with Gasteiger partial charge < -0.3 is 34.7 Å². The molecule has 0 heterocycles. The Labute approximate surface area is 313 Å². The van der Waals surface area contributed by atoms with E-state index in [1.54, 1.807) is 12.1 Å². The van der Waals surface area contributed by atoms with Gasteiger partial charge in [0.05, 0.1) is 11.4 Å². The van der Waals surface area contributed by atoms with E-state index in [-0.39, 0.29) is 42.7 Å². The quantitative estimate of drug-likeness (QED) is 0.0616. The van der Waals surface area contributed by atoms with Crippen molar-refractivity contribution in [2.45, 2.75) is 38.9 Å². The molecule has 0 unspecified atom stereocenters. The van der Waals surface area contributed by atoms with Crippen molar-refractivity contribution in [2.24, 2.45) is 5.73 Å². The first-order chi connectivity index (χ1) is 24.2. The number of aryl methyl sites for hydroxylation is 1. The van der Waals surface area contributed by atoms with Crippen LogP contribution < -0.4 is 11.1 Å². The van der Waals surface area contributed by atoms with Crippen LogP contribution in [-0.4, -0.2) is 74.9 Å². The molecule has 0 aromatic heterocycles. The Morgan fingerprint density at radius 3 is 1.51 bits per heavy atom. The third kappa shape index (κ3) is 31.7. The van der Waals surface area contributed by atoms with Gasteiger partial charge in [-0.25, -0.2) is 9.59 Å². The average Bonchev–Trinajstić information content (AvgIpc) is 3.11. The highest BCUT2D eigenvalue weighted by Gasteiger charge is 2.08. The maximum absolute atomic E-state index is 11.2. The predicted molar refractivity (Wildman–Crippen MR) is 193 cm³/mol. The number of ether oxygens (including phenoxy) is 5. The monoisotopic (exact) mass is 796 g/mol. The number of carbonyl (C=O) groups excluding carboxylic acids is 4. The van der Waals surface area contributed by atoms with Crippen molar-refractivity contribution < 1.29 is 55.8 Å². The summed E-state index contributed by atoms with van der Waals surface area (Å²) in [5, 5.41) is 2.20. The predicted octanol–water partition coefficient (Wildman–Crippen LogP) is 6.18. The van der Waals surface area contributed by atoms with Crippen LogP contribution in [-0.2, 0) is 56.6 Å². The Hall–Kier alpha value is -3.96. The Bertz CT molecular complexity index is 1470. The first-order valence-electron chi connectivity index (χ1n) is 14.8. The molecule has 0 aliphatic rings. The number of hydrogen-bond acceptors (Lipinski definition) is 12. The summed E-state index contributed by atoms with van der Waals surface area (Å²) >= 11 is 14.7. The van der Waals surface area contributed by atoms with Gasteiger partial charge in [-0.05, 0) is 44.0 Å². The van der Waals surface area contributed by atoms with Crippen molar-refractivity contribution in [3.8, 4) is 0 Å². The minimum absolute atomic E-state index is 0.0627. The molecule has 3 aromatic carbocycles. The van der Waals surface area contributed by atoms with Gasteiger partial charge in [0, 0.05) is 24.8 Å². The van der Waals surface area contributed by atoms with Crippen molar-refractivity contribution in [1.82, 2.24) is 5.32 Å². The van der Waals surface area contributed by atoms with Crippen molar-refractivity contribution >= 4 is 68.4 Å². The van der Waals surface area contributed by atoms with Crippen LogP contribution in [0.1, 0.15) is 30.5 Å². The molecule has 0 atom stereocenters. The summed E-state index contributed by atoms with van der Waals surface area (Å²) in [5.74, 6) is -0.917. The molecule has 0 bridgehead atoms. The van der Waals surface area contributed by atoms with E-state index in [1.807, 2.05) is 81.4 Å². The molecule has 4 N–H and O–H groups in total. The van der Waals surface area contributed by atoms with E-state index in [4.69, 9.17) is 47.7 Å². The first kappa shape index (κ1) is 49.2. The molecule has 0 saturated heterocycles. The van der Waals surface area contributed by atoms with E-state index in [1.165, 1.54) is 12.1 Å². The number of esters is 2. The average molecular weight is 798 g/mol. The largest absolute Gasteiger partial charge is 0.460 e. The topological polar surface area (TPSA) is 207 Å². The molecule has 0 aliphatic heterocycles. The zero-order valence-electron chi connectivity index (χ0n) is 28.3. The lowest BCUT2D eigenvalue weighted by molar-refractivity contribution is -0.144. The number of alkyl halides is 2. The van der Waals surface area contributed by atoms with E-state index in [0.717, 1.165) is 29.9 Å². The maximum Gasteiger partial charge on any atom is 0.408 e. The van der Waals surface area contributed by atoms with Gasteiger partial charge >= 0.3 is 23.5 Å². The molecule has 0 saturated carbocycles. The van der Waals surface area contributed by atoms with E-state index in [9.17, 15) is 27.6 Å². The minimum Gasteiger partial charge on any atom is -0.460 e. The Kier molecular flexibility index (Phi) is 30.8. The number of hydrogen-bond donors (Lipinski definition) is 3. The number of alkyl carbamates (subject to hydrolysis) is 1. The van der Waals surface area contributed by atoms with Crippen LogP contribution in [0.5, 0.6) is 0 Å². The molecule has 51 heavy (non-hydrogen) atoms. The normalized spacial score (nSPS) is 9.57. The van der Waals surface area contributed by atoms with Gasteiger partial charge in [-0.3, -0.25) is 14.1 Å². The van der Waals surface area contributed by atoms with Crippen molar-refractivity contribution in [3.63, 3.8) is 0 Å². The highest BCUT2D eigenvalue weighted by molar-refractivity contribution is 7.85. The summed E-state index contributed by atoms with van der Waals surface area (Å²) in [6.07, 6.45) is -0.753. The van der Waals surface area contributed by atoms with E-state index >= 15 is 0 Å². The van der Waals surface area contributed by atoms with Crippen LogP contribution in [0.4, 0.5) is 9.59 Å². The number of nitrogens with two attached hydrogens (primary N) is 1. The lowest BCUT2D eigenvalue weighted by Crippen LogP contribution is -2.30. The smallest absolute Gasteiger partial charge is 0.408 e. The van der Waals surface area contributed by atoms with Crippen LogP contribution in [0.3, 0.4) is 0 Å². The number of amides is 1. The van der Waals surface area contributed by atoms with Crippen LogP contribution in [0.25, 0.3) is 0 Å². The number of carbonyl (C=O) groups is 4. The summed E-state index contributed by atoms with van der Waals surface area (Å²) in [5.41, 5.74) is 7.00. The fourth-order valence-corrected chi connectivity index (χ4v) is 3.58. The van der Waals surface area contributed by atoms with Gasteiger partial charge in [0.25, 0.3) is 10.1 Å². The number of halogens is 3. The van der Waals surface area contributed by atoms with Crippen molar-refractivity contribution in [1.29, 1.82) is 0 Å². The van der Waals surface area contributed by atoms with Crippen molar-refractivity contribution in [2.75, 3.05) is 38.4 Å². The molecule has 1 amide bonds. The highest BCUT2D eigenvalue weighted by atomic mass is 35.5. The lowest BCUT2D eigenvalue weighted by Gasteiger charge is -2.06. The molecule has 3 rings (SSSR count). The van der Waals surface area contributed by atoms with E-state index in [2.05, 4.69) is 26.4 Å². The third-order valence-electron chi connectivity index (χ3n) is 5.11. The number of benzene rings is 3. The zero-order chi connectivity index (χ0) is 38.9. The molecule has 0 radical (unpaired) electrons. The van der Waals surface area contributed by atoms with Crippen LogP contribution >= 0.6 is 34.8 Å². The molecular weight excluding hydrogens is 755 g/mol. The second-order valence-electron chi connectivity index (χ2n) is 8.95. The molecule has 0 fully saturated rings. The summed E-state index contributed by atoms with van der Waals surface area (Å²) in [4.78, 5) is 42.1. The maximum atomic E-state index is 11.2. The number of nitrogens with one attached hydrogen (secondary N) is 1.